The number of rotatable bonds is 15. The van der Waals surface area contributed by atoms with Crippen molar-refractivity contribution in [3.05, 3.63) is 0 Å². The molecule has 0 fully saturated rings. The topological polar surface area (TPSA) is 44.7 Å². The van der Waals surface area contributed by atoms with Crippen LogP contribution in [-0.2, 0) is 4.79 Å². The summed E-state index contributed by atoms with van der Waals surface area (Å²) in [5.74, 6) is 0.106. The van der Waals surface area contributed by atoms with Crippen LogP contribution in [0.4, 0.5) is 0 Å². The molecule has 0 spiro atoms. The Bertz CT molecular complexity index is 397. The van der Waals surface area contributed by atoms with Crippen molar-refractivity contribution in [3.8, 4) is 0 Å². The average Bonchev–Trinajstić information content (AvgIpc) is 2.66. The number of hydrogen-bond donors (Lipinski definition) is 1. The van der Waals surface area contributed by atoms with Crippen LogP contribution in [0.2, 0.25) is 0 Å². The van der Waals surface area contributed by atoms with Gasteiger partial charge in [0, 0.05) is 19.3 Å². The van der Waals surface area contributed by atoms with Gasteiger partial charge in [0.05, 0.1) is 12.1 Å². The molecule has 2 unspecified atom stereocenters. The van der Waals surface area contributed by atoms with Gasteiger partial charge in [0.15, 0.2) is 0 Å². The summed E-state index contributed by atoms with van der Waals surface area (Å²) in [7, 11) is 0. The number of nitrogens with one attached hydrogen (secondary N) is 1. The summed E-state index contributed by atoms with van der Waals surface area (Å²) in [5, 5.41) is 3.55. The molecule has 0 saturated carbocycles. The largest absolute Gasteiger partial charge is 0.327 e. The molecule has 1 heterocycles. The van der Waals surface area contributed by atoms with Crippen molar-refractivity contribution in [2.75, 3.05) is 19.6 Å². The number of carbonyl (C=O) groups excluding carboxylic acids is 1. The molecule has 0 aromatic heterocycles. The summed E-state index contributed by atoms with van der Waals surface area (Å²) in [6.45, 7) is 8.99. The summed E-state index contributed by atoms with van der Waals surface area (Å²) in [4.78, 5) is 18.8. The Balaban J connectivity index is 1.98. The van der Waals surface area contributed by atoms with E-state index in [1.165, 1.54) is 77.0 Å². The molecule has 2 atom stereocenters. The summed E-state index contributed by atoms with van der Waals surface area (Å²) in [6, 6.07) is 0. The van der Waals surface area contributed by atoms with Gasteiger partial charge in [-0.15, -0.1) is 0 Å². The summed E-state index contributed by atoms with van der Waals surface area (Å²) >= 11 is 0. The van der Waals surface area contributed by atoms with Crippen LogP contribution in [0.1, 0.15) is 104 Å². The second-order valence-electron chi connectivity index (χ2n) is 8.25. The summed E-state index contributed by atoms with van der Waals surface area (Å²) in [5.41, 5.74) is 0. The van der Waals surface area contributed by atoms with Gasteiger partial charge in [-0.1, -0.05) is 77.6 Å². The van der Waals surface area contributed by atoms with Gasteiger partial charge < -0.3 is 4.90 Å². The van der Waals surface area contributed by atoms with Crippen molar-refractivity contribution in [2.24, 2.45) is 10.9 Å². The second kappa shape index (κ2) is 16.1. The molecule has 1 aliphatic heterocycles. The molecule has 0 aromatic carbocycles. The van der Waals surface area contributed by atoms with E-state index in [0.29, 0.717) is 0 Å². The zero-order valence-electron chi connectivity index (χ0n) is 18.3. The Morgan fingerprint density at radius 2 is 1.59 bits per heavy atom. The summed E-state index contributed by atoms with van der Waals surface area (Å²) < 4.78 is 0. The maximum atomic E-state index is 12.5. The molecular formula is C23H45N3O. The zero-order valence-corrected chi connectivity index (χ0v) is 18.3. The van der Waals surface area contributed by atoms with Gasteiger partial charge in [-0.05, 0) is 33.2 Å². The lowest BCUT2D eigenvalue weighted by atomic mass is 10.1. The van der Waals surface area contributed by atoms with Crippen LogP contribution < -0.4 is 5.32 Å². The number of hydrogen-bond acceptors (Lipinski definition) is 3. The van der Waals surface area contributed by atoms with Crippen LogP contribution in [-0.4, -0.2) is 42.8 Å². The zero-order chi connectivity index (χ0) is 19.7. The van der Waals surface area contributed by atoms with Crippen molar-refractivity contribution >= 4 is 12.1 Å². The minimum Gasteiger partial charge on any atom is -0.327 e. The smallest absolute Gasteiger partial charge is 0.232 e. The normalized spacial score (nSPS) is 20.3. The van der Waals surface area contributed by atoms with Crippen LogP contribution in [0.3, 0.4) is 0 Å². The van der Waals surface area contributed by atoms with Gasteiger partial charge in [-0.2, -0.15) is 0 Å². The number of aliphatic imine (C=N–C) groups is 1. The van der Waals surface area contributed by atoms with Crippen LogP contribution in [0.25, 0.3) is 0 Å². The van der Waals surface area contributed by atoms with E-state index in [-0.39, 0.29) is 18.0 Å². The first kappa shape index (κ1) is 24.1. The molecule has 0 bridgehead atoms. The van der Waals surface area contributed by atoms with Crippen molar-refractivity contribution in [2.45, 2.75) is 110 Å². The third-order valence-corrected chi connectivity index (χ3v) is 5.63. The van der Waals surface area contributed by atoms with E-state index in [9.17, 15) is 4.79 Å². The molecule has 1 rings (SSSR count). The quantitative estimate of drug-likeness (QED) is 0.378. The minimum absolute atomic E-state index is 0.0961. The highest BCUT2D eigenvalue weighted by Gasteiger charge is 2.24. The maximum absolute atomic E-state index is 12.5. The van der Waals surface area contributed by atoms with E-state index < -0.39 is 0 Å². The highest BCUT2D eigenvalue weighted by Crippen LogP contribution is 2.12. The maximum Gasteiger partial charge on any atom is 0.232 e. The van der Waals surface area contributed by atoms with E-state index in [2.05, 4.69) is 24.2 Å². The molecule has 4 heteroatoms. The first-order valence-corrected chi connectivity index (χ1v) is 11.7. The van der Waals surface area contributed by atoms with Crippen molar-refractivity contribution < 1.29 is 4.79 Å². The van der Waals surface area contributed by atoms with Gasteiger partial charge in [-0.25, -0.2) is 0 Å². The summed E-state index contributed by atoms with van der Waals surface area (Å²) in [6.07, 6.45) is 19.4. The highest BCUT2D eigenvalue weighted by molar-refractivity contribution is 5.93. The predicted molar refractivity (Wildman–Crippen MR) is 117 cm³/mol. The SMILES string of the molecule is CCCCCCCCCCCCCCNC(C)N1CCC/N=C\C(C)C1=O. The number of amides is 1. The van der Waals surface area contributed by atoms with Gasteiger partial charge in [0.2, 0.25) is 5.91 Å². The Hall–Kier alpha value is -0.900. The van der Waals surface area contributed by atoms with Gasteiger partial charge in [-0.3, -0.25) is 15.1 Å². The van der Waals surface area contributed by atoms with Crippen LogP contribution in [0, 0.1) is 5.92 Å². The monoisotopic (exact) mass is 379 g/mol. The molecular weight excluding hydrogens is 334 g/mol. The molecule has 0 saturated heterocycles. The van der Waals surface area contributed by atoms with E-state index in [4.69, 9.17) is 0 Å². The number of carbonyl (C=O) groups is 1. The number of nitrogens with zero attached hydrogens (tertiary/aromatic N) is 2. The van der Waals surface area contributed by atoms with Gasteiger partial charge in [0.1, 0.15) is 0 Å². The van der Waals surface area contributed by atoms with E-state index >= 15 is 0 Å². The van der Waals surface area contributed by atoms with E-state index in [1.54, 1.807) is 0 Å². The Morgan fingerprint density at radius 3 is 2.19 bits per heavy atom. The van der Waals surface area contributed by atoms with Gasteiger partial charge >= 0.3 is 0 Å². The van der Waals surface area contributed by atoms with Crippen molar-refractivity contribution in [1.29, 1.82) is 0 Å². The lowest BCUT2D eigenvalue weighted by molar-refractivity contribution is -0.135. The van der Waals surface area contributed by atoms with Gasteiger partial charge in [0.25, 0.3) is 0 Å². The second-order valence-corrected chi connectivity index (χ2v) is 8.25. The first-order chi connectivity index (χ1) is 13.2. The van der Waals surface area contributed by atoms with E-state index in [0.717, 1.165) is 26.1 Å². The predicted octanol–water partition coefficient (Wildman–Crippen LogP) is 5.56. The highest BCUT2D eigenvalue weighted by atomic mass is 16.2. The first-order valence-electron chi connectivity index (χ1n) is 11.7. The molecule has 1 aliphatic rings. The third-order valence-electron chi connectivity index (χ3n) is 5.63. The Labute approximate surface area is 168 Å². The number of unbranched alkanes of at least 4 members (excludes halogenated alkanes) is 11. The molecule has 0 aromatic rings. The van der Waals surface area contributed by atoms with Crippen molar-refractivity contribution in [1.82, 2.24) is 10.2 Å². The Morgan fingerprint density at radius 1 is 1.04 bits per heavy atom. The standard InChI is InChI=1S/C23H45N3O/c1-4-5-6-7-8-9-10-11-12-13-14-15-18-25-22(3)26-19-16-17-24-20-21(2)23(26)27/h20-22,25H,4-19H2,1-3H3/b24-20-. The van der Waals surface area contributed by atoms with Crippen LogP contribution in [0.5, 0.6) is 0 Å². The molecule has 0 aliphatic carbocycles. The molecule has 1 amide bonds. The fourth-order valence-corrected chi connectivity index (χ4v) is 3.77. The Kier molecular flexibility index (Phi) is 14.4. The minimum atomic E-state index is -0.0961. The molecule has 4 nitrogen and oxygen atoms in total. The molecule has 27 heavy (non-hydrogen) atoms. The molecule has 1 N–H and O–H groups in total. The van der Waals surface area contributed by atoms with Crippen molar-refractivity contribution in [3.63, 3.8) is 0 Å². The fourth-order valence-electron chi connectivity index (χ4n) is 3.77. The average molecular weight is 380 g/mol. The third kappa shape index (κ3) is 11.5. The molecule has 0 radical (unpaired) electrons. The van der Waals surface area contributed by atoms with Crippen LogP contribution in [0.15, 0.2) is 4.99 Å². The lowest BCUT2D eigenvalue weighted by Crippen LogP contribution is -2.50. The van der Waals surface area contributed by atoms with E-state index in [1.807, 2.05) is 18.0 Å². The fraction of sp³-hybridized carbons (Fsp3) is 0.913. The lowest BCUT2D eigenvalue weighted by Gasteiger charge is -2.32. The molecule has 158 valence electrons. The van der Waals surface area contributed by atoms with Crippen LogP contribution >= 0.6 is 0 Å².